The number of ether oxygens (including phenoxy) is 1. The molecule has 1 saturated heterocycles. The number of benzene rings is 3. The minimum absolute atomic E-state index is 0.190. The van der Waals surface area contributed by atoms with Crippen molar-refractivity contribution in [2.45, 2.75) is 6.61 Å². The number of halogens is 2. The molecule has 3 aromatic rings. The lowest BCUT2D eigenvalue weighted by Gasteiger charge is -2.11. The van der Waals surface area contributed by atoms with Crippen LogP contribution in [0.4, 0.5) is 14.9 Å². The zero-order valence-electron chi connectivity index (χ0n) is 15.6. The van der Waals surface area contributed by atoms with Gasteiger partial charge in [0.25, 0.3) is 5.91 Å². The van der Waals surface area contributed by atoms with Crippen molar-refractivity contribution in [1.82, 2.24) is 5.32 Å². The fourth-order valence-electron chi connectivity index (χ4n) is 2.98. The van der Waals surface area contributed by atoms with Gasteiger partial charge in [-0.05, 0) is 69.5 Å². The molecule has 1 aliphatic rings. The molecule has 3 aromatic carbocycles. The molecule has 1 fully saturated rings. The Labute approximate surface area is 180 Å². The molecule has 0 unspecified atom stereocenters. The van der Waals surface area contributed by atoms with Crippen LogP contribution in [0.25, 0.3) is 6.08 Å². The SMILES string of the molecule is O=C1N/C(=C/c2ccc(OCc3ccc(F)cc3)c(Br)c2)C(=O)N1c1ccccc1. The maximum absolute atomic E-state index is 13.0. The zero-order valence-corrected chi connectivity index (χ0v) is 17.2. The normalized spacial score (nSPS) is 14.9. The van der Waals surface area contributed by atoms with Gasteiger partial charge in [-0.15, -0.1) is 0 Å². The Morgan fingerprint density at radius 1 is 1.00 bits per heavy atom. The molecule has 30 heavy (non-hydrogen) atoms. The largest absolute Gasteiger partial charge is 0.488 e. The molecular formula is C23H16BrFN2O3. The molecule has 1 heterocycles. The second-order valence-electron chi connectivity index (χ2n) is 6.57. The van der Waals surface area contributed by atoms with E-state index < -0.39 is 11.9 Å². The number of imide groups is 1. The molecule has 0 atom stereocenters. The van der Waals surface area contributed by atoms with E-state index in [1.54, 1.807) is 60.7 Å². The van der Waals surface area contributed by atoms with Crippen LogP contribution in [0.15, 0.2) is 83.0 Å². The molecule has 1 N–H and O–H groups in total. The number of urea groups is 1. The molecule has 0 aromatic heterocycles. The van der Waals surface area contributed by atoms with E-state index in [2.05, 4.69) is 21.2 Å². The van der Waals surface area contributed by atoms with Crippen LogP contribution in [0.2, 0.25) is 0 Å². The van der Waals surface area contributed by atoms with Crippen LogP contribution in [0.1, 0.15) is 11.1 Å². The van der Waals surface area contributed by atoms with Gasteiger partial charge in [0, 0.05) is 0 Å². The summed E-state index contributed by atoms with van der Waals surface area (Å²) in [7, 11) is 0. The van der Waals surface area contributed by atoms with Crippen molar-refractivity contribution in [2.24, 2.45) is 0 Å². The molecule has 4 rings (SSSR count). The van der Waals surface area contributed by atoms with Crippen molar-refractivity contribution in [3.8, 4) is 5.75 Å². The molecule has 0 saturated carbocycles. The highest BCUT2D eigenvalue weighted by molar-refractivity contribution is 9.10. The van der Waals surface area contributed by atoms with Crippen molar-refractivity contribution in [3.63, 3.8) is 0 Å². The van der Waals surface area contributed by atoms with Crippen LogP contribution in [0.5, 0.6) is 5.75 Å². The Balaban J connectivity index is 1.49. The molecule has 0 aliphatic carbocycles. The van der Waals surface area contributed by atoms with Gasteiger partial charge < -0.3 is 10.1 Å². The number of hydrogen-bond acceptors (Lipinski definition) is 3. The topological polar surface area (TPSA) is 58.6 Å². The zero-order chi connectivity index (χ0) is 21.1. The van der Waals surface area contributed by atoms with Gasteiger partial charge in [0.05, 0.1) is 10.2 Å². The average molecular weight is 467 g/mol. The first-order valence-corrected chi connectivity index (χ1v) is 9.89. The fourth-order valence-corrected chi connectivity index (χ4v) is 3.49. The fraction of sp³-hybridized carbons (Fsp3) is 0.0435. The summed E-state index contributed by atoms with van der Waals surface area (Å²) in [5.41, 5.74) is 2.26. The predicted octanol–water partition coefficient (Wildman–Crippen LogP) is 5.26. The molecule has 5 nitrogen and oxygen atoms in total. The summed E-state index contributed by atoms with van der Waals surface area (Å²) in [4.78, 5) is 26.0. The van der Waals surface area contributed by atoms with E-state index in [-0.39, 0.29) is 11.5 Å². The summed E-state index contributed by atoms with van der Waals surface area (Å²) in [6, 6.07) is 19.7. The summed E-state index contributed by atoms with van der Waals surface area (Å²) in [6.07, 6.45) is 1.61. The second kappa shape index (κ2) is 8.51. The van der Waals surface area contributed by atoms with Crippen LogP contribution < -0.4 is 15.0 Å². The smallest absolute Gasteiger partial charge is 0.333 e. The quantitative estimate of drug-likeness (QED) is 0.411. The number of anilines is 1. The van der Waals surface area contributed by atoms with Gasteiger partial charge in [-0.3, -0.25) is 4.79 Å². The number of amides is 3. The number of hydrogen-bond donors (Lipinski definition) is 1. The number of carbonyl (C=O) groups is 2. The monoisotopic (exact) mass is 466 g/mol. The van der Waals surface area contributed by atoms with Crippen LogP contribution >= 0.6 is 15.9 Å². The van der Waals surface area contributed by atoms with E-state index in [0.717, 1.165) is 16.0 Å². The first-order chi connectivity index (χ1) is 14.5. The summed E-state index contributed by atoms with van der Waals surface area (Å²) >= 11 is 3.46. The van der Waals surface area contributed by atoms with Gasteiger partial charge in [0.15, 0.2) is 0 Å². The van der Waals surface area contributed by atoms with Gasteiger partial charge in [0.1, 0.15) is 23.9 Å². The molecule has 0 bridgehead atoms. The van der Waals surface area contributed by atoms with Gasteiger partial charge in [-0.25, -0.2) is 14.1 Å². The molecule has 0 radical (unpaired) electrons. The Bertz CT molecular complexity index is 1130. The van der Waals surface area contributed by atoms with Crippen LogP contribution in [0.3, 0.4) is 0 Å². The summed E-state index contributed by atoms with van der Waals surface area (Å²) in [6.45, 7) is 0.292. The number of nitrogens with zero attached hydrogens (tertiary/aromatic N) is 1. The Morgan fingerprint density at radius 2 is 1.73 bits per heavy atom. The third-order valence-corrected chi connectivity index (χ3v) is 5.09. The van der Waals surface area contributed by atoms with Gasteiger partial charge in [-0.2, -0.15) is 0 Å². The van der Waals surface area contributed by atoms with Crippen LogP contribution in [-0.2, 0) is 11.4 Å². The van der Waals surface area contributed by atoms with E-state index in [9.17, 15) is 14.0 Å². The van der Waals surface area contributed by atoms with Crippen molar-refractivity contribution in [2.75, 3.05) is 4.90 Å². The van der Waals surface area contributed by atoms with E-state index in [1.165, 1.54) is 12.1 Å². The number of carbonyl (C=O) groups excluding carboxylic acids is 2. The Kier molecular flexibility index (Phi) is 5.63. The third kappa shape index (κ3) is 4.26. The highest BCUT2D eigenvalue weighted by atomic mass is 79.9. The summed E-state index contributed by atoms with van der Waals surface area (Å²) in [5, 5.41) is 2.61. The highest BCUT2D eigenvalue weighted by Crippen LogP contribution is 2.29. The lowest BCUT2D eigenvalue weighted by Crippen LogP contribution is -2.30. The lowest BCUT2D eigenvalue weighted by molar-refractivity contribution is -0.113. The first-order valence-electron chi connectivity index (χ1n) is 9.10. The molecule has 0 spiro atoms. The first kappa shape index (κ1) is 19.8. The second-order valence-corrected chi connectivity index (χ2v) is 7.42. The third-order valence-electron chi connectivity index (χ3n) is 4.47. The van der Waals surface area contributed by atoms with Crippen molar-refractivity contribution in [3.05, 3.63) is 99.9 Å². The number of para-hydroxylation sites is 1. The molecule has 1 aliphatic heterocycles. The van der Waals surface area contributed by atoms with Gasteiger partial charge >= 0.3 is 6.03 Å². The number of rotatable bonds is 5. The van der Waals surface area contributed by atoms with Gasteiger partial charge in [0.2, 0.25) is 0 Å². The van der Waals surface area contributed by atoms with Crippen molar-refractivity contribution >= 4 is 39.6 Å². The van der Waals surface area contributed by atoms with Crippen molar-refractivity contribution in [1.29, 1.82) is 0 Å². The summed E-state index contributed by atoms with van der Waals surface area (Å²) in [5.74, 6) is -0.107. The molecule has 150 valence electrons. The maximum atomic E-state index is 13.0. The number of nitrogens with one attached hydrogen (secondary N) is 1. The molecule has 7 heteroatoms. The van der Waals surface area contributed by atoms with E-state index in [0.29, 0.717) is 22.5 Å². The summed E-state index contributed by atoms with van der Waals surface area (Å²) < 4.78 is 19.4. The predicted molar refractivity (Wildman–Crippen MR) is 115 cm³/mol. The van der Waals surface area contributed by atoms with Crippen molar-refractivity contribution < 1.29 is 18.7 Å². The lowest BCUT2D eigenvalue weighted by atomic mass is 10.1. The maximum Gasteiger partial charge on any atom is 0.333 e. The van der Waals surface area contributed by atoms with E-state index >= 15 is 0 Å². The average Bonchev–Trinajstić information content (AvgIpc) is 3.02. The standard InChI is InChI=1S/C23H16BrFN2O3/c24-19-12-16(8-11-21(19)30-14-15-6-9-17(25)10-7-15)13-20-22(28)27(23(29)26-20)18-4-2-1-3-5-18/h1-13H,14H2,(H,26,29)/b20-13+. The minimum atomic E-state index is -0.490. The van der Waals surface area contributed by atoms with Crippen LogP contribution in [-0.4, -0.2) is 11.9 Å². The van der Waals surface area contributed by atoms with E-state index in [4.69, 9.17) is 4.74 Å². The minimum Gasteiger partial charge on any atom is -0.488 e. The Morgan fingerprint density at radius 3 is 2.43 bits per heavy atom. The molecule has 3 amide bonds. The Hall–Kier alpha value is -3.45. The highest BCUT2D eigenvalue weighted by Gasteiger charge is 2.34. The van der Waals surface area contributed by atoms with E-state index in [1.807, 2.05) is 6.07 Å². The van der Waals surface area contributed by atoms with Gasteiger partial charge in [-0.1, -0.05) is 36.4 Å². The molecular weight excluding hydrogens is 451 g/mol. The van der Waals surface area contributed by atoms with Crippen LogP contribution in [0, 0.1) is 5.82 Å².